The normalized spacial score (nSPS) is 22.0. The molecular formula is C23H35N5O4S. The zero-order valence-corrected chi connectivity index (χ0v) is 20.1. The maximum Gasteiger partial charge on any atom is 0.243 e. The van der Waals surface area contributed by atoms with Crippen LogP contribution in [0, 0.1) is 0 Å². The number of rotatable bonds is 8. The standard InChI is InChI=1S/C23H35N5O4S/c1-18(27-15-13-26(14-16-27)17-22(29)24-19-5-6-19)23(30)25-20-7-9-21(10-8-20)33(31,32)28-11-3-2-4-12-28/h7-10,18-19H,2-6,11-17H2,1H3,(H,24,29)(H,25,30). The fourth-order valence-electron chi connectivity index (χ4n) is 4.39. The first-order chi connectivity index (χ1) is 15.8. The van der Waals surface area contributed by atoms with E-state index in [1.807, 2.05) is 6.92 Å². The molecule has 2 N–H and O–H groups in total. The van der Waals surface area contributed by atoms with Crippen molar-refractivity contribution in [3.05, 3.63) is 24.3 Å². The van der Waals surface area contributed by atoms with Gasteiger partial charge in [0.15, 0.2) is 0 Å². The fraction of sp³-hybridized carbons (Fsp3) is 0.652. The molecule has 1 aromatic rings. The van der Waals surface area contributed by atoms with E-state index in [4.69, 9.17) is 0 Å². The molecule has 2 saturated heterocycles. The minimum absolute atomic E-state index is 0.0856. The molecule has 1 saturated carbocycles. The second-order valence-corrected chi connectivity index (χ2v) is 11.2. The molecule has 3 fully saturated rings. The number of anilines is 1. The van der Waals surface area contributed by atoms with Crippen LogP contribution < -0.4 is 10.6 Å². The molecule has 0 bridgehead atoms. The van der Waals surface area contributed by atoms with Crippen molar-refractivity contribution >= 4 is 27.5 Å². The number of nitrogens with zero attached hydrogens (tertiary/aromatic N) is 3. The van der Waals surface area contributed by atoms with Crippen LogP contribution in [0.1, 0.15) is 39.0 Å². The van der Waals surface area contributed by atoms with E-state index in [2.05, 4.69) is 20.4 Å². The summed E-state index contributed by atoms with van der Waals surface area (Å²) in [6, 6.07) is 6.49. The molecule has 2 amide bonds. The first-order valence-electron chi connectivity index (χ1n) is 12.0. The summed E-state index contributed by atoms with van der Waals surface area (Å²) in [7, 11) is -3.48. The first kappa shape index (κ1) is 24.1. The summed E-state index contributed by atoms with van der Waals surface area (Å²) >= 11 is 0. The topological polar surface area (TPSA) is 102 Å². The van der Waals surface area contributed by atoms with Gasteiger partial charge in [-0.1, -0.05) is 6.42 Å². The Labute approximate surface area is 196 Å². The highest BCUT2D eigenvalue weighted by Gasteiger charge is 2.29. The lowest BCUT2D eigenvalue weighted by Gasteiger charge is -2.37. The summed E-state index contributed by atoms with van der Waals surface area (Å²) in [6.45, 7) is 6.36. The summed E-state index contributed by atoms with van der Waals surface area (Å²) in [5.41, 5.74) is 0.583. The van der Waals surface area contributed by atoms with Gasteiger partial charge in [-0.2, -0.15) is 4.31 Å². The van der Waals surface area contributed by atoms with Crippen LogP contribution in [-0.2, 0) is 19.6 Å². The summed E-state index contributed by atoms with van der Waals surface area (Å²) < 4.78 is 27.1. The molecule has 1 aliphatic carbocycles. The van der Waals surface area contributed by atoms with E-state index >= 15 is 0 Å². The van der Waals surface area contributed by atoms with Crippen LogP contribution in [0.25, 0.3) is 0 Å². The van der Waals surface area contributed by atoms with Crippen LogP contribution in [0.15, 0.2) is 29.2 Å². The molecule has 0 aromatic heterocycles. The lowest BCUT2D eigenvalue weighted by atomic mass is 10.2. The largest absolute Gasteiger partial charge is 0.352 e. The van der Waals surface area contributed by atoms with Gasteiger partial charge in [0.2, 0.25) is 21.8 Å². The third kappa shape index (κ3) is 6.32. The summed E-state index contributed by atoms with van der Waals surface area (Å²) in [4.78, 5) is 29.3. The van der Waals surface area contributed by atoms with Crippen molar-refractivity contribution in [3.63, 3.8) is 0 Å². The van der Waals surface area contributed by atoms with E-state index in [1.54, 1.807) is 28.6 Å². The molecule has 1 aromatic carbocycles. The van der Waals surface area contributed by atoms with Crippen molar-refractivity contribution in [2.24, 2.45) is 0 Å². The average molecular weight is 478 g/mol. The average Bonchev–Trinajstić information content (AvgIpc) is 3.64. The zero-order chi connectivity index (χ0) is 23.4. The minimum atomic E-state index is -3.48. The second-order valence-electron chi connectivity index (χ2n) is 9.31. The smallest absolute Gasteiger partial charge is 0.243 e. The molecule has 10 heteroatoms. The number of benzene rings is 1. The summed E-state index contributed by atoms with van der Waals surface area (Å²) in [5, 5.41) is 5.92. The van der Waals surface area contributed by atoms with Gasteiger partial charge < -0.3 is 10.6 Å². The molecule has 0 radical (unpaired) electrons. The van der Waals surface area contributed by atoms with Crippen molar-refractivity contribution in [1.82, 2.24) is 19.4 Å². The van der Waals surface area contributed by atoms with Gasteiger partial charge in [0.05, 0.1) is 17.5 Å². The third-order valence-corrected chi connectivity index (χ3v) is 8.63. The van der Waals surface area contributed by atoms with E-state index in [0.29, 0.717) is 31.4 Å². The van der Waals surface area contributed by atoms with Gasteiger partial charge in [0, 0.05) is 51.0 Å². The number of carbonyl (C=O) groups excluding carboxylic acids is 2. The Morgan fingerprint density at radius 1 is 0.970 bits per heavy atom. The van der Waals surface area contributed by atoms with E-state index in [1.165, 1.54) is 0 Å². The Balaban J connectivity index is 1.25. The van der Waals surface area contributed by atoms with Crippen LogP contribution in [-0.4, -0.2) is 92.2 Å². The molecule has 9 nitrogen and oxygen atoms in total. The third-order valence-electron chi connectivity index (χ3n) is 6.72. The summed E-state index contributed by atoms with van der Waals surface area (Å²) in [5.74, 6) is -0.0379. The number of amides is 2. The monoisotopic (exact) mass is 477 g/mol. The molecule has 4 rings (SSSR count). The minimum Gasteiger partial charge on any atom is -0.352 e. The molecule has 1 unspecified atom stereocenters. The van der Waals surface area contributed by atoms with Crippen LogP contribution >= 0.6 is 0 Å². The van der Waals surface area contributed by atoms with E-state index < -0.39 is 10.0 Å². The number of carbonyl (C=O) groups is 2. The second kappa shape index (κ2) is 10.5. The Kier molecular flexibility index (Phi) is 7.68. The SMILES string of the molecule is CC(C(=O)Nc1ccc(S(=O)(=O)N2CCCCC2)cc1)N1CCN(CC(=O)NC2CC2)CC1. The number of hydrogen-bond acceptors (Lipinski definition) is 6. The summed E-state index contributed by atoms with van der Waals surface area (Å²) in [6.07, 6.45) is 5.03. The molecule has 2 aliphatic heterocycles. The van der Waals surface area contributed by atoms with Crippen LogP contribution in [0.2, 0.25) is 0 Å². The number of nitrogens with one attached hydrogen (secondary N) is 2. The van der Waals surface area contributed by atoms with E-state index in [9.17, 15) is 18.0 Å². The molecule has 1 atom stereocenters. The maximum absolute atomic E-state index is 12.8. The van der Waals surface area contributed by atoms with E-state index in [0.717, 1.165) is 58.3 Å². The van der Waals surface area contributed by atoms with Gasteiger partial charge in [-0.3, -0.25) is 19.4 Å². The highest BCUT2D eigenvalue weighted by atomic mass is 32.2. The van der Waals surface area contributed by atoms with Gasteiger partial charge in [-0.05, 0) is 56.9 Å². The van der Waals surface area contributed by atoms with Gasteiger partial charge in [0.1, 0.15) is 0 Å². The molecule has 182 valence electrons. The fourth-order valence-corrected chi connectivity index (χ4v) is 5.91. The maximum atomic E-state index is 12.8. The Morgan fingerprint density at radius 3 is 2.21 bits per heavy atom. The highest BCUT2D eigenvalue weighted by Crippen LogP contribution is 2.22. The van der Waals surface area contributed by atoms with Gasteiger partial charge in [-0.15, -0.1) is 0 Å². The molecule has 2 heterocycles. The molecule has 3 aliphatic rings. The highest BCUT2D eigenvalue weighted by molar-refractivity contribution is 7.89. The van der Waals surface area contributed by atoms with Crippen LogP contribution in [0.5, 0.6) is 0 Å². The van der Waals surface area contributed by atoms with Crippen molar-refractivity contribution in [2.75, 3.05) is 51.1 Å². The quantitative estimate of drug-likeness (QED) is 0.581. The number of sulfonamides is 1. The molecular weight excluding hydrogens is 442 g/mol. The van der Waals surface area contributed by atoms with E-state index in [-0.39, 0.29) is 22.8 Å². The zero-order valence-electron chi connectivity index (χ0n) is 19.3. The molecule has 33 heavy (non-hydrogen) atoms. The van der Waals surface area contributed by atoms with Gasteiger partial charge >= 0.3 is 0 Å². The number of hydrogen-bond donors (Lipinski definition) is 2. The van der Waals surface area contributed by atoms with Gasteiger partial charge in [-0.25, -0.2) is 8.42 Å². The van der Waals surface area contributed by atoms with Crippen LogP contribution in [0.4, 0.5) is 5.69 Å². The van der Waals surface area contributed by atoms with Crippen molar-refractivity contribution in [3.8, 4) is 0 Å². The predicted octanol–water partition coefficient (Wildman–Crippen LogP) is 1.08. The lowest BCUT2D eigenvalue weighted by molar-refractivity contribution is -0.124. The van der Waals surface area contributed by atoms with Crippen LogP contribution in [0.3, 0.4) is 0 Å². The predicted molar refractivity (Wildman–Crippen MR) is 126 cm³/mol. The number of piperidine rings is 1. The Hall–Kier alpha value is -2.01. The van der Waals surface area contributed by atoms with Crippen molar-refractivity contribution in [2.45, 2.75) is 56.0 Å². The number of piperazine rings is 1. The van der Waals surface area contributed by atoms with Crippen molar-refractivity contribution < 1.29 is 18.0 Å². The molecule has 0 spiro atoms. The lowest BCUT2D eigenvalue weighted by Crippen LogP contribution is -2.54. The first-order valence-corrected chi connectivity index (χ1v) is 13.4. The van der Waals surface area contributed by atoms with Gasteiger partial charge in [0.25, 0.3) is 0 Å². The Morgan fingerprint density at radius 2 is 1.61 bits per heavy atom. The van der Waals surface area contributed by atoms with Crippen molar-refractivity contribution in [1.29, 1.82) is 0 Å². The Bertz CT molecular complexity index is 934.